The minimum atomic E-state index is -0.184. The van der Waals surface area contributed by atoms with Crippen molar-refractivity contribution in [2.24, 2.45) is 0 Å². The van der Waals surface area contributed by atoms with Crippen LogP contribution in [0.3, 0.4) is 0 Å². The predicted octanol–water partition coefficient (Wildman–Crippen LogP) is 2.64. The molecule has 2 aliphatic heterocycles. The van der Waals surface area contributed by atoms with E-state index in [1.807, 2.05) is 35.2 Å². The third kappa shape index (κ3) is 3.36. The quantitative estimate of drug-likeness (QED) is 0.873. The van der Waals surface area contributed by atoms with Crippen LogP contribution in [0.2, 0.25) is 0 Å². The number of benzene rings is 1. The molecule has 142 valence electrons. The number of rotatable bonds is 4. The molecule has 1 atom stereocenters. The molecule has 1 aromatic heterocycles. The van der Waals surface area contributed by atoms with Gasteiger partial charge >= 0.3 is 0 Å². The fraction of sp³-hybridized carbons (Fsp3) is 0.476. The number of carbonyl (C=O) groups is 2. The molecule has 1 aromatic carbocycles. The van der Waals surface area contributed by atoms with Gasteiger partial charge < -0.3 is 10.2 Å². The second-order valence-electron chi connectivity index (χ2n) is 7.74. The monoisotopic (exact) mass is 366 g/mol. The van der Waals surface area contributed by atoms with Crippen molar-refractivity contribution in [3.8, 4) is 0 Å². The molecule has 2 aromatic rings. The molecule has 0 bridgehead atoms. The Bertz CT molecular complexity index is 822. The van der Waals surface area contributed by atoms with E-state index in [2.05, 4.69) is 22.4 Å². The topological polar surface area (TPSA) is 78.1 Å². The van der Waals surface area contributed by atoms with Crippen molar-refractivity contribution in [2.75, 3.05) is 13.1 Å². The lowest BCUT2D eigenvalue weighted by Crippen LogP contribution is -2.52. The molecular formula is C21H26N4O2. The molecule has 6 nitrogen and oxygen atoms in total. The normalized spacial score (nSPS) is 21.4. The number of amides is 2. The molecule has 27 heavy (non-hydrogen) atoms. The van der Waals surface area contributed by atoms with E-state index < -0.39 is 0 Å². The highest BCUT2D eigenvalue weighted by Crippen LogP contribution is 2.39. The lowest BCUT2D eigenvalue weighted by atomic mass is 9.82. The SMILES string of the molecule is CCCc1[nH]ncc1C(=O)N1CCC2(CC1)C[C@@H](c1ccccc1)C(=O)N2. The average Bonchev–Trinajstić information content (AvgIpc) is 3.27. The van der Waals surface area contributed by atoms with Crippen LogP contribution in [0.25, 0.3) is 0 Å². The van der Waals surface area contributed by atoms with Gasteiger partial charge in [0.25, 0.3) is 5.91 Å². The van der Waals surface area contributed by atoms with Crippen LogP contribution in [0.1, 0.15) is 60.1 Å². The number of H-pyrrole nitrogens is 1. The second-order valence-corrected chi connectivity index (χ2v) is 7.74. The van der Waals surface area contributed by atoms with Gasteiger partial charge in [-0.05, 0) is 31.2 Å². The minimum absolute atomic E-state index is 0.0472. The van der Waals surface area contributed by atoms with Gasteiger partial charge in [-0.2, -0.15) is 5.10 Å². The molecule has 2 saturated heterocycles. The summed E-state index contributed by atoms with van der Waals surface area (Å²) in [5, 5.41) is 10.3. The van der Waals surface area contributed by atoms with Crippen LogP contribution in [0.15, 0.2) is 36.5 Å². The molecule has 1 spiro atoms. The first-order valence-electron chi connectivity index (χ1n) is 9.80. The number of hydrogen-bond acceptors (Lipinski definition) is 3. The van der Waals surface area contributed by atoms with Gasteiger partial charge in [-0.25, -0.2) is 0 Å². The Morgan fingerprint density at radius 3 is 2.70 bits per heavy atom. The van der Waals surface area contributed by atoms with Gasteiger partial charge in [0.15, 0.2) is 0 Å². The molecule has 3 heterocycles. The Kier molecular flexibility index (Phi) is 4.72. The molecule has 2 aliphatic rings. The van der Waals surface area contributed by atoms with Crippen LogP contribution in [0, 0.1) is 0 Å². The summed E-state index contributed by atoms with van der Waals surface area (Å²) in [6.07, 6.45) is 5.85. The number of likely N-dealkylation sites (tertiary alicyclic amines) is 1. The first kappa shape index (κ1) is 17.8. The largest absolute Gasteiger partial charge is 0.350 e. The molecule has 4 rings (SSSR count). The summed E-state index contributed by atoms with van der Waals surface area (Å²) in [4.78, 5) is 27.4. The zero-order valence-electron chi connectivity index (χ0n) is 15.7. The van der Waals surface area contributed by atoms with E-state index in [-0.39, 0.29) is 23.3 Å². The number of aryl methyl sites for hydroxylation is 1. The van der Waals surface area contributed by atoms with Crippen molar-refractivity contribution in [3.05, 3.63) is 53.3 Å². The van der Waals surface area contributed by atoms with Gasteiger partial charge in [-0.1, -0.05) is 43.7 Å². The summed E-state index contributed by atoms with van der Waals surface area (Å²) in [6.45, 7) is 3.42. The molecule has 0 saturated carbocycles. The molecular weight excluding hydrogens is 340 g/mol. The van der Waals surface area contributed by atoms with Crippen molar-refractivity contribution in [3.63, 3.8) is 0 Å². The molecule has 0 unspecified atom stereocenters. The Balaban J connectivity index is 1.42. The van der Waals surface area contributed by atoms with Crippen LogP contribution in [0.5, 0.6) is 0 Å². The van der Waals surface area contributed by atoms with Crippen LogP contribution < -0.4 is 5.32 Å². The van der Waals surface area contributed by atoms with Gasteiger partial charge in [0.1, 0.15) is 0 Å². The second kappa shape index (κ2) is 7.18. The lowest BCUT2D eigenvalue weighted by molar-refractivity contribution is -0.121. The van der Waals surface area contributed by atoms with Gasteiger partial charge in [0.05, 0.1) is 17.7 Å². The average molecular weight is 366 g/mol. The summed E-state index contributed by atoms with van der Waals surface area (Å²) in [5.74, 6) is 0.0745. The van der Waals surface area contributed by atoms with E-state index >= 15 is 0 Å². The van der Waals surface area contributed by atoms with Crippen molar-refractivity contribution < 1.29 is 9.59 Å². The maximum atomic E-state index is 12.9. The lowest BCUT2D eigenvalue weighted by Gasteiger charge is -2.39. The third-order valence-electron chi connectivity index (χ3n) is 5.96. The third-order valence-corrected chi connectivity index (χ3v) is 5.96. The summed E-state index contributed by atoms with van der Waals surface area (Å²) in [7, 11) is 0. The first-order chi connectivity index (χ1) is 13.1. The van der Waals surface area contributed by atoms with E-state index in [4.69, 9.17) is 0 Å². The Morgan fingerprint density at radius 1 is 1.26 bits per heavy atom. The standard InChI is InChI=1S/C21H26N4O2/c1-2-6-18-17(14-22-24-18)20(27)25-11-9-21(10-12-25)13-16(19(26)23-21)15-7-4-3-5-8-15/h3-5,7-8,14,16H,2,6,9-13H2,1H3,(H,22,24)(H,23,26)/t16-/m0/s1. The van der Waals surface area contributed by atoms with Crippen LogP contribution in [-0.2, 0) is 11.2 Å². The molecule has 0 aliphatic carbocycles. The van der Waals surface area contributed by atoms with Gasteiger partial charge in [-0.15, -0.1) is 0 Å². The maximum absolute atomic E-state index is 12.9. The summed E-state index contributed by atoms with van der Waals surface area (Å²) < 4.78 is 0. The van der Waals surface area contributed by atoms with Crippen LogP contribution in [-0.4, -0.2) is 45.5 Å². The van der Waals surface area contributed by atoms with Crippen LogP contribution in [0.4, 0.5) is 0 Å². The van der Waals surface area contributed by atoms with Crippen molar-refractivity contribution in [2.45, 2.75) is 50.5 Å². The number of hydrogen-bond donors (Lipinski definition) is 2. The number of nitrogens with one attached hydrogen (secondary N) is 2. The Hall–Kier alpha value is -2.63. The Morgan fingerprint density at radius 2 is 2.00 bits per heavy atom. The molecule has 6 heteroatoms. The summed E-state index contributed by atoms with van der Waals surface area (Å²) >= 11 is 0. The number of aromatic nitrogens is 2. The minimum Gasteiger partial charge on any atom is -0.350 e. The molecule has 0 radical (unpaired) electrons. The van der Waals surface area contributed by atoms with Gasteiger partial charge in [-0.3, -0.25) is 14.7 Å². The van der Waals surface area contributed by atoms with E-state index in [0.717, 1.165) is 43.4 Å². The first-order valence-corrected chi connectivity index (χ1v) is 9.80. The fourth-order valence-corrected chi connectivity index (χ4v) is 4.41. The summed E-state index contributed by atoms with van der Waals surface area (Å²) in [5.41, 5.74) is 2.50. The molecule has 2 fully saturated rings. The van der Waals surface area contributed by atoms with E-state index in [1.54, 1.807) is 6.20 Å². The number of carbonyl (C=O) groups excluding carboxylic acids is 2. The van der Waals surface area contributed by atoms with E-state index in [0.29, 0.717) is 18.7 Å². The molecule has 2 amide bonds. The summed E-state index contributed by atoms with van der Waals surface area (Å²) in [6, 6.07) is 9.98. The van der Waals surface area contributed by atoms with Gasteiger partial charge in [0.2, 0.25) is 5.91 Å². The highest BCUT2D eigenvalue weighted by molar-refractivity contribution is 5.95. The zero-order chi connectivity index (χ0) is 18.9. The van der Waals surface area contributed by atoms with Gasteiger partial charge in [0, 0.05) is 24.3 Å². The highest BCUT2D eigenvalue weighted by atomic mass is 16.2. The van der Waals surface area contributed by atoms with E-state index in [9.17, 15) is 9.59 Å². The Labute approximate surface area is 159 Å². The zero-order valence-corrected chi connectivity index (χ0v) is 15.7. The fourth-order valence-electron chi connectivity index (χ4n) is 4.41. The predicted molar refractivity (Wildman–Crippen MR) is 102 cm³/mol. The van der Waals surface area contributed by atoms with Crippen LogP contribution >= 0.6 is 0 Å². The van der Waals surface area contributed by atoms with Crippen molar-refractivity contribution in [1.82, 2.24) is 20.4 Å². The highest BCUT2D eigenvalue weighted by Gasteiger charge is 2.46. The number of piperidine rings is 1. The van der Waals surface area contributed by atoms with E-state index in [1.165, 1.54) is 0 Å². The van der Waals surface area contributed by atoms with Crippen molar-refractivity contribution in [1.29, 1.82) is 0 Å². The van der Waals surface area contributed by atoms with Crippen molar-refractivity contribution >= 4 is 11.8 Å². The number of aromatic amines is 1. The smallest absolute Gasteiger partial charge is 0.257 e. The molecule has 2 N–H and O–H groups in total. The number of nitrogens with zero attached hydrogens (tertiary/aromatic N) is 2. The maximum Gasteiger partial charge on any atom is 0.257 e.